The van der Waals surface area contributed by atoms with Crippen LogP contribution in [0.5, 0.6) is 11.5 Å². The number of hydrogen-bond acceptors (Lipinski definition) is 5. The third-order valence-electron chi connectivity index (χ3n) is 3.58. The van der Waals surface area contributed by atoms with Gasteiger partial charge in [0, 0.05) is 10.0 Å². The van der Waals surface area contributed by atoms with Gasteiger partial charge in [-0.25, -0.2) is 5.10 Å². The summed E-state index contributed by atoms with van der Waals surface area (Å²) in [7, 11) is 1.62. The number of methoxy groups -OCH3 is 1. The number of para-hydroxylation sites is 1. The second-order valence-corrected chi connectivity index (χ2v) is 6.53. The average molecular weight is 433 g/mol. The summed E-state index contributed by atoms with van der Waals surface area (Å²) in [6.07, 6.45) is 1.68. The minimum absolute atomic E-state index is 0.386. The lowest BCUT2D eigenvalue weighted by Crippen LogP contribution is -1.99. The summed E-state index contributed by atoms with van der Waals surface area (Å²) >= 11 is 8.79. The maximum absolute atomic E-state index is 5.69. The number of ether oxygens (including phenoxy) is 2. The van der Waals surface area contributed by atoms with E-state index in [1.807, 2.05) is 49.4 Å². The molecule has 134 valence electrons. The smallest absolute Gasteiger partial charge is 0.216 e. The van der Waals surface area contributed by atoms with Crippen LogP contribution in [-0.2, 0) is 0 Å². The van der Waals surface area contributed by atoms with Crippen LogP contribution in [0.1, 0.15) is 12.5 Å². The first-order valence-electron chi connectivity index (χ1n) is 7.91. The molecule has 0 aliphatic carbocycles. The van der Waals surface area contributed by atoms with Crippen molar-refractivity contribution < 1.29 is 9.47 Å². The highest BCUT2D eigenvalue weighted by Gasteiger charge is 2.13. The van der Waals surface area contributed by atoms with E-state index in [1.165, 1.54) is 0 Å². The molecule has 0 aliphatic heterocycles. The first kappa shape index (κ1) is 18.3. The first-order valence-corrected chi connectivity index (χ1v) is 9.11. The van der Waals surface area contributed by atoms with Gasteiger partial charge in [0.25, 0.3) is 0 Å². The third kappa shape index (κ3) is 3.86. The Hall–Kier alpha value is -2.45. The van der Waals surface area contributed by atoms with E-state index < -0.39 is 0 Å². The molecule has 2 aromatic carbocycles. The van der Waals surface area contributed by atoms with Crippen molar-refractivity contribution in [1.82, 2.24) is 14.9 Å². The number of rotatable bonds is 6. The molecule has 1 N–H and O–H groups in total. The van der Waals surface area contributed by atoms with Gasteiger partial charge < -0.3 is 9.47 Å². The van der Waals surface area contributed by atoms with Crippen molar-refractivity contribution in [2.45, 2.75) is 6.92 Å². The van der Waals surface area contributed by atoms with Crippen molar-refractivity contribution in [3.63, 3.8) is 0 Å². The molecule has 0 amide bonds. The van der Waals surface area contributed by atoms with Gasteiger partial charge in [-0.3, -0.25) is 0 Å². The molecule has 3 rings (SSSR count). The van der Waals surface area contributed by atoms with Gasteiger partial charge in [-0.2, -0.15) is 14.9 Å². The number of aromatic amines is 1. The summed E-state index contributed by atoms with van der Waals surface area (Å²) in [4.78, 5) is 0. The molecule has 0 spiro atoms. The molecule has 26 heavy (non-hydrogen) atoms. The molecule has 0 saturated carbocycles. The topological polar surface area (TPSA) is 64.4 Å². The molecule has 0 fully saturated rings. The van der Waals surface area contributed by atoms with Crippen molar-refractivity contribution in [1.29, 1.82) is 0 Å². The normalized spacial score (nSPS) is 11.0. The second-order valence-electron chi connectivity index (χ2n) is 5.22. The summed E-state index contributed by atoms with van der Waals surface area (Å²) in [5, 5.41) is 11.6. The Labute approximate surface area is 164 Å². The lowest BCUT2D eigenvalue weighted by atomic mass is 10.2. The molecule has 8 heteroatoms. The second kappa shape index (κ2) is 8.29. The van der Waals surface area contributed by atoms with Crippen LogP contribution in [0.3, 0.4) is 0 Å². The van der Waals surface area contributed by atoms with Gasteiger partial charge in [0.15, 0.2) is 5.82 Å². The lowest BCUT2D eigenvalue weighted by Gasteiger charge is -2.09. The van der Waals surface area contributed by atoms with Gasteiger partial charge in [-0.15, -0.1) is 0 Å². The predicted molar refractivity (Wildman–Crippen MR) is 108 cm³/mol. The molecule has 0 atom stereocenters. The number of H-pyrrole nitrogens is 1. The van der Waals surface area contributed by atoms with E-state index in [1.54, 1.807) is 18.0 Å². The maximum atomic E-state index is 5.69. The fraction of sp³-hybridized carbons (Fsp3) is 0.167. The van der Waals surface area contributed by atoms with Gasteiger partial charge in [0.2, 0.25) is 4.77 Å². The lowest BCUT2D eigenvalue weighted by molar-refractivity contribution is 0.341. The molecule has 0 unspecified atom stereocenters. The van der Waals surface area contributed by atoms with Crippen LogP contribution in [-0.4, -0.2) is 34.8 Å². The van der Waals surface area contributed by atoms with Crippen LogP contribution in [0.25, 0.3) is 11.4 Å². The Morgan fingerprint density at radius 2 is 2.08 bits per heavy atom. The number of benzene rings is 2. The van der Waals surface area contributed by atoms with Crippen molar-refractivity contribution in [3.8, 4) is 22.9 Å². The Bertz CT molecular complexity index is 997. The van der Waals surface area contributed by atoms with E-state index in [0.717, 1.165) is 21.3 Å². The molecule has 0 bridgehead atoms. The van der Waals surface area contributed by atoms with Gasteiger partial charge in [0.05, 0.1) is 25.5 Å². The van der Waals surface area contributed by atoms with E-state index in [4.69, 9.17) is 21.7 Å². The quantitative estimate of drug-likeness (QED) is 0.454. The summed E-state index contributed by atoms with van der Waals surface area (Å²) < 4.78 is 13.9. The molecule has 0 radical (unpaired) electrons. The molecular formula is C18H17BrN4O2S. The van der Waals surface area contributed by atoms with E-state index in [9.17, 15) is 0 Å². The van der Waals surface area contributed by atoms with Crippen molar-refractivity contribution >= 4 is 34.4 Å². The van der Waals surface area contributed by atoms with Crippen LogP contribution >= 0.6 is 28.1 Å². The monoisotopic (exact) mass is 432 g/mol. The standard InChI is InChI=1S/C18H17BrN4O2S/c1-3-25-16-7-5-4-6-14(16)17-21-22-18(26)23(17)20-11-12-10-13(19)8-9-15(12)24-2/h4-11H,3H2,1-2H3,(H,22,26)/b20-11-. The number of hydrogen-bond donors (Lipinski definition) is 1. The van der Waals surface area contributed by atoms with Crippen LogP contribution < -0.4 is 9.47 Å². The SMILES string of the molecule is CCOc1ccccc1-c1n[nH]c(=S)n1/N=C\c1cc(Br)ccc1OC. The molecule has 0 saturated heterocycles. The fourth-order valence-corrected chi connectivity index (χ4v) is 2.99. The van der Waals surface area contributed by atoms with Crippen molar-refractivity contribution in [2.24, 2.45) is 5.10 Å². The summed E-state index contributed by atoms with van der Waals surface area (Å²) in [5.41, 5.74) is 1.62. The minimum Gasteiger partial charge on any atom is -0.496 e. The summed E-state index contributed by atoms with van der Waals surface area (Å²) in [6, 6.07) is 13.3. The zero-order chi connectivity index (χ0) is 18.5. The van der Waals surface area contributed by atoms with Crippen LogP contribution in [0.4, 0.5) is 0 Å². The van der Waals surface area contributed by atoms with Gasteiger partial charge in [-0.1, -0.05) is 28.1 Å². The Kier molecular flexibility index (Phi) is 5.85. The molecule has 3 aromatic rings. The fourth-order valence-electron chi connectivity index (χ4n) is 2.43. The first-order chi connectivity index (χ1) is 12.6. The number of nitrogens with one attached hydrogen (secondary N) is 1. The largest absolute Gasteiger partial charge is 0.496 e. The van der Waals surface area contributed by atoms with Crippen molar-refractivity contribution in [3.05, 3.63) is 57.3 Å². The van der Waals surface area contributed by atoms with E-state index in [2.05, 4.69) is 31.2 Å². The van der Waals surface area contributed by atoms with E-state index in [-0.39, 0.29) is 0 Å². The maximum Gasteiger partial charge on any atom is 0.216 e. The number of halogens is 1. The number of aromatic nitrogens is 3. The van der Waals surface area contributed by atoms with Crippen LogP contribution in [0, 0.1) is 4.77 Å². The molecule has 1 heterocycles. The zero-order valence-corrected chi connectivity index (χ0v) is 16.7. The third-order valence-corrected chi connectivity index (χ3v) is 4.34. The van der Waals surface area contributed by atoms with E-state index in [0.29, 0.717) is 23.0 Å². The van der Waals surface area contributed by atoms with Gasteiger partial charge >= 0.3 is 0 Å². The molecular weight excluding hydrogens is 416 g/mol. The average Bonchev–Trinajstić information content (AvgIpc) is 3.01. The summed E-state index contributed by atoms with van der Waals surface area (Å²) in [6.45, 7) is 2.49. The van der Waals surface area contributed by atoms with Crippen molar-refractivity contribution in [2.75, 3.05) is 13.7 Å². The van der Waals surface area contributed by atoms with Crippen LogP contribution in [0.15, 0.2) is 52.0 Å². The minimum atomic E-state index is 0.386. The molecule has 1 aromatic heterocycles. The van der Waals surface area contributed by atoms with E-state index >= 15 is 0 Å². The zero-order valence-electron chi connectivity index (χ0n) is 14.3. The Morgan fingerprint density at radius 3 is 2.85 bits per heavy atom. The molecule has 0 aliphatic rings. The molecule has 6 nitrogen and oxygen atoms in total. The van der Waals surface area contributed by atoms with Crippen LogP contribution in [0.2, 0.25) is 0 Å². The number of nitrogens with zero attached hydrogens (tertiary/aromatic N) is 3. The Balaban J connectivity index is 2.05. The van der Waals surface area contributed by atoms with Gasteiger partial charge in [-0.05, 0) is 49.5 Å². The summed E-state index contributed by atoms with van der Waals surface area (Å²) in [5.74, 6) is 2.01. The van der Waals surface area contributed by atoms with Gasteiger partial charge in [0.1, 0.15) is 11.5 Å². The highest BCUT2D eigenvalue weighted by Crippen LogP contribution is 2.28. The Morgan fingerprint density at radius 1 is 1.27 bits per heavy atom. The predicted octanol–water partition coefficient (Wildman–Crippen LogP) is 4.66. The highest BCUT2D eigenvalue weighted by molar-refractivity contribution is 9.10. The highest BCUT2D eigenvalue weighted by atomic mass is 79.9.